The molecule has 4 nitrogen and oxygen atoms in total. The summed E-state index contributed by atoms with van der Waals surface area (Å²) in [5, 5.41) is 0. The summed E-state index contributed by atoms with van der Waals surface area (Å²) < 4.78 is 70.9. The fourth-order valence-corrected chi connectivity index (χ4v) is 3.96. The van der Waals surface area contributed by atoms with Crippen molar-refractivity contribution in [3.63, 3.8) is 0 Å². The van der Waals surface area contributed by atoms with Gasteiger partial charge in [0.2, 0.25) is 10.0 Å². The molecular formula is C17H16F3NO3S. The highest BCUT2D eigenvalue weighted by molar-refractivity contribution is 7.89. The molecule has 3 rings (SSSR count). The summed E-state index contributed by atoms with van der Waals surface area (Å²) in [4.78, 5) is 0.0451. The van der Waals surface area contributed by atoms with Gasteiger partial charge in [0, 0.05) is 20.0 Å². The average molecular weight is 371 g/mol. The quantitative estimate of drug-likeness (QED) is 0.827. The first-order valence-electron chi connectivity index (χ1n) is 7.57. The van der Waals surface area contributed by atoms with Crippen molar-refractivity contribution in [2.75, 3.05) is 13.7 Å². The van der Waals surface area contributed by atoms with E-state index in [0.717, 1.165) is 15.9 Å². The van der Waals surface area contributed by atoms with Crippen LogP contribution in [0.3, 0.4) is 0 Å². The highest BCUT2D eigenvalue weighted by Gasteiger charge is 2.34. The maximum Gasteiger partial charge on any atom is 0.416 e. The number of fused-ring (bicyclic) bond motifs is 1. The van der Waals surface area contributed by atoms with E-state index in [4.69, 9.17) is 4.74 Å². The molecule has 0 saturated heterocycles. The van der Waals surface area contributed by atoms with Crippen LogP contribution in [-0.2, 0) is 29.2 Å². The molecule has 0 aliphatic carbocycles. The van der Waals surface area contributed by atoms with Crippen molar-refractivity contribution in [1.82, 2.24) is 4.31 Å². The molecule has 134 valence electrons. The second-order valence-corrected chi connectivity index (χ2v) is 7.83. The minimum Gasteiger partial charge on any atom is -0.493 e. The van der Waals surface area contributed by atoms with Gasteiger partial charge in [0.05, 0.1) is 17.1 Å². The molecule has 2 aromatic carbocycles. The Kier molecular flexibility index (Phi) is 4.51. The molecule has 0 unspecified atom stereocenters. The summed E-state index contributed by atoms with van der Waals surface area (Å²) in [5.74, 6) is 0.643. The van der Waals surface area contributed by atoms with Gasteiger partial charge in [-0.15, -0.1) is 0 Å². The fourth-order valence-electron chi connectivity index (χ4n) is 2.76. The minimum atomic E-state index is -4.54. The first-order valence-corrected chi connectivity index (χ1v) is 9.01. The highest BCUT2D eigenvalue weighted by atomic mass is 32.2. The van der Waals surface area contributed by atoms with Crippen molar-refractivity contribution >= 4 is 10.0 Å². The molecule has 0 fully saturated rings. The lowest BCUT2D eigenvalue weighted by Gasteiger charge is -2.20. The van der Waals surface area contributed by atoms with Gasteiger partial charge in [-0.3, -0.25) is 0 Å². The molecule has 1 heterocycles. The molecule has 0 aromatic heterocycles. The van der Waals surface area contributed by atoms with Gasteiger partial charge in [-0.25, -0.2) is 8.42 Å². The van der Waals surface area contributed by atoms with E-state index in [9.17, 15) is 21.6 Å². The predicted octanol–water partition coefficient (Wildman–Crippen LogP) is 3.46. The molecule has 0 N–H and O–H groups in total. The number of rotatable bonds is 4. The van der Waals surface area contributed by atoms with Crippen molar-refractivity contribution < 1.29 is 26.3 Å². The number of ether oxygens (including phenoxy) is 1. The van der Waals surface area contributed by atoms with Crippen molar-refractivity contribution in [3.8, 4) is 5.75 Å². The van der Waals surface area contributed by atoms with Crippen molar-refractivity contribution in [2.24, 2.45) is 0 Å². The molecule has 0 spiro atoms. The standard InChI is InChI=1S/C17H16F3NO3S/c1-21(11-13-4-2-3-5-15(13)17(18,19)20)25(22,23)14-6-7-16-12(10-14)8-9-24-16/h2-7,10H,8-9,11H2,1H3. The summed E-state index contributed by atoms with van der Waals surface area (Å²) >= 11 is 0. The number of halogens is 3. The molecule has 0 saturated carbocycles. The Bertz CT molecular complexity index is 894. The van der Waals surface area contributed by atoms with Crippen LogP contribution in [0.4, 0.5) is 13.2 Å². The Morgan fingerprint density at radius 2 is 1.88 bits per heavy atom. The largest absolute Gasteiger partial charge is 0.493 e. The molecule has 25 heavy (non-hydrogen) atoms. The van der Waals surface area contributed by atoms with Crippen molar-refractivity contribution in [1.29, 1.82) is 0 Å². The van der Waals surface area contributed by atoms with Crippen LogP contribution in [0, 0.1) is 0 Å². The maximum atomic E-state index is 13.1. The molecule has 1 aliphatic rings. The van der Waals surface area contributed by atoms with Crippen LogP contribution >= 0.6 is 0 Å². The predicted molar refractivity (Wildman–Crippen MR) is 85.7 cm³/mol. The van der Waals surface area contributed by atoms with Crippen LogP contribution in [0.15, 0.2) is 47.4 Å². The zero-order valence-corrected chi connectivity index (χ0v) is 14.2. The third-order valence-electron chi connectivity index (χ3n) is 4.08. The fraction of sp³-hybridized carbons (Fsp3) is 0.294. The van der Waals surface area contributed by atoms with Crippen LogP contribution in [0.1, 0.15) is 16.7 Å². The van der Waals surface area contributed by atoms with Gasteiger partial charge in [-0.1, -0.05) is 18.2 Å². The summed E-state index contributed by atoms with van der Waals surface area (Å²) in [6.07, 6.45) is -3.93. The zero-order chi connectivity index (χ0) is 18.2. The topological polar surface area (TPSA) is 46.6 Å². The molecule has 0 radical (unpaired) electrons. The SMILES string of the molecule is CN(Cc1ccccc1C(F)(F)F)S(=O)(=O)c1ccc2c(c1)CCO2. The third kappa shape index (κ3) is 3.50. The first kappa shape index (κ1) is 17.8. The molecule has 2 aromatic rings. The molecule has 0 amide bonds. The Labute approximate surface area is 143 Å². The second-order valence-electron chi connectivity index (χ2n) is 5.78. The van der Waals surface area contributed by atoms with Crippen LogP contribution in [0.2, 0.25) is 0 Å². The Morgan fingerprint density at radius 3 is 2.60 bits per heavy atom. The van der Waals surface area contributed by atoms with Gasteiger partial charge in [0.25, 0.3) is 0 Å². The summed E-state index contributed by atoms with van der Waals surface area (Å²) in [5.41, 5.74) is -0.143. The van der Waals surface area contributed by atoms with E-state index in [1.165, 1.54) is 37.4 Å². The number of alkyl halides is 3. The normalized spacial score (nSPS) is 14.4. The van der Waals surface area contributed by atoms with E-state index >= 15 is 0 Å². The number of hydrogen-bond acceptors (Lipinski definition) is 3. The number of benzene rings is 2. The van der Waals surface area contributed by atoms with Crippen LogP contribution in [-0.4, -0.2) is 26.4 Å². The van der Waals surface area contributed by atoms with Gasteiger partial charge >= 0.3 is 6.18 Å². The Morgan fingerprint density at radius 1 is 1.16 bits per heavy atom. The van der Waals surface area contributed by atoms with Gasteiger partial charge in [0.1, 0.15) is 5.75 Å². The van der Waals surface area contributed by atoms with E-state index in [1.54, 1.807) is 6.07 Å². The van der Waals surface area contributed by atoms with Gasteiger partial charge in [-0.2, -0.15) is 17.5 Å². The van der Waals surface area contributed by atoms with Gasteiger partial charge in [-0.05, 0) is 35.4 Å². The van der Waals surface area contributed by atoms with Crippen LogP contribution in [0.25, 0.3) is 0 Å². The molecular weight excluding hydrogens is 355 g/mol. The number of sulfonamides is 1. The summed E-state index contributed by atoms with van der Waals surface area (Å²) in [6, 6.07) is 9.47. The second kappa shape index (κ2) is 6.34. The lowest BCUT2D eigenvalue weighted by molar-refractivity contribution is -0.138. The molecule has 8 heteroatoms. The Hall–Kier alpha value is -2.06. The van der Waals surface area contributed by atoms with E-state index in [1.807, 2.05) is 0 Å². The monoisotopic (exact) mass is 371 g/mol. The van der Waals surface area contributed by atoms with Gasteiger partial charge in [0.15, 0.2) is 0 Å². The molecule has 1 aliphatic heterocycles. The first-order chi connectivity index (χ1) is 11.7. The number of hydrogen-bond donors (Lipinski definition) is 0. The summed E-state index contributed by atoms with van der Waals surface area (Å²) in [7, 11) is -2.64. The van der Waals surface area contributed by atoms with E-state index < -0.39 is 21.8 Å². The molecule has 0 bridgehead atoms. The average Bonchev–Trinajstić information content (AvgIpc) is 3.01. The summed E-state index contributed by atoms with van der Waals surface area (Å²) in [6.45, 7) is 0.124. The minimum absolute atomic E-state index is 0.0451. The van der Waals surface area contributed by atoms with E-state index in [-0.39, 0.29) is 17.0 Å². The van der Waals surface area contributed by atoms with Crippen molar-refractivity contribution in [3.05, 3.63) is 59.2 Å². The Balaban J connectivity index is 1.90. The number of nitrogens with zero attached hydrogens (tertiary/aromatic N) is 1. The lowest BCUT2D eigenvalue weighted by Crippen LogP contribution is -2.27. The van der Waals surface area contributed by atoms with Gasteiger partial charge < -0.3 is 4.74 Å². The van der Waals surface area contributed by atoms with E-state index in [2.05, 4.69) is 0 Å². The maximum absolute atomic E-state index is 13.1. The van der Waals surface area contributed by atoms with Crippen molar-refractivity contribution in [2.45, 2.75) is 24.0 Å². The lowest BCUT2D eigenvalue weighted by atomic mass is 10.1. The van der Waals surface area contributed by atoms with Crippen LogP contribution < -0.4 is 4.74 Å². The third-order valence-corrected chi connectivity index (χ3v) is 5.88. The highest BCUT2D eigenvalue weighted by Crippen LogP contribution is 2.33. The van der Waals surface area contributed by atoms with Crippen LogP contribution in [0.5, 0.6) is 5.75 Å². The zero-order valence-electron chi connectivity index (χ0n) is 13.4. The molecule has 0 atom stereocenters. The van der Waals surface area contributed by atoms with E-state index in [0.29, 0.717) is 18.8 Å². The smallest absolute Gasteiger partial charge is 0.416 e.